The molecule has 156 valence electrons. The van der Waals surface area contributed by atoms with E-state index >= 15 is 0 Å². The number of amides is 1. The number of rotatable bonds is 7. The van der Waals surface area contributed by atoms with E-state index in [0.29, 0.717) is 29.1 Å². The summed E-state index contributed by atoms with van der Waals surface area (Å²) in [6, 6.07) is 3.11. The highest BCUT2D eigenvalue weighted by molar-refractivity contribution is 5.93. The topological polar surface area (TPSA) is 83.1 Å². The zero-order valence-corrected chi connectivity index (χ0v) is 17.5. The SMILES string of the molecule is COc1cc(C(=O)O[C@H](C)C(=O)N[C@@H]2CCC[C@@H](C)[C@H]2C)cc(OC)c1OC. The highest BCUT2D eigenvalue weighted by Crippen LogP contribution is 2.38. The third-order valence-electron chi connectivity index (χ3n) is 5.59. The van der Waals surface area contributed by atoms with E-state index in [9.17, 15) is 9.59 Å². The van der Waals surface area contributed by atoms with Crippen LogP contribution in [0, 0.1) is 11.8 Å². The van der Waals surface area contributed by atoms with Crippen LogP contribution in [0.3, 0.4) is 0 Å². The molecule has 1 N–H and O–H groups in total. The first-order chi connectivity index (χ1) is 13.3. The second kappa shape index (κ2) is 9.66. The highest BCUT2D eigenvalue weighted by atomic mass is 16.5. The quantitative estimate of drug-likeness (QED) is 0.717. The summed E-state index contributed by atoms with van der Waals surface area (Å²) in [5.74, 6) is 1.12. The molecule has 0 radical (unpaired) electrons. The Bertz CT molecular complexity index is 679. The summed E-state index contributed by atoms with van der Waals surface area (Å²) in [7, 11) is 4.42. The van der Waals surface area contributed by atoms with Gasteiger partial charge in [0.1, 0.15) is 0 Å². The van der Waals surface area contributed by atoms with Crippen molar-refractivity contribution >= 4 is 11.9 Å². The Kier molecular flexibility index (Phi) is 7.54. The van der Waals surface area contributed by atoms with Crippen molar-refractivity contribution in [3.8, 4) is 17.2 Å². The Morgan fingerprint density at radius 1 is 1.04 bits per heavy atom. The molecule has 0 saturated heterocycles. The van der Waals surface area contributed by atoms with Crippen LogP contribution in [0.15, 0.2) is 12.1 Å². The smallest absolute Gasteiger partial charge is 0.339 e. The van der Waals surface area contributed by atoms with Crippen molar-refractivity contribution in [2.45, 2.75) is 52.2 Å². The lowest BCUT2D eigenvalue weighted by Gasteiger charge is -2.35. The summed E-state index contributed by atoms with van der Waals surface area (Å²) >= 11 is 0. The van der Waals surface area contributed by atoms with Crippen LogP contribution in [0.4, 0.5) is 0 Å². The average molecular weight is 393 g/mol. The molecule has 1 aromatic carbocycles. The molecule has 2 rings (SSSR count). The van der Waals surface area contributed by atoms with Crippen molar-refractivity contribution in [3.05, 3.63) is 17.7 Å². The molecule has 1 fully saturated rings. The maximum Gasteiger partial charge on any atom is 0.339 e. The predicted octanol–water partition coefficient (Wildman–Crippen LogP) is 3.20. The van der Waals surface area contributed by atoms with Crippen LogP contribution in [0.1, 0.15) is 50.4 Å². The first kappa shape index (κ1) is 21.9. The second-order valence-electron chi connectivity index (χ2n) is 7.34. The van der Waals surface area contributed by atoms with Crippen LogP contribution in [-0.4, -0.2) is 45.4 Å². The standard InChI is InChI=1S/C21H31NO6/c1-12-8-7-9-16(13(12)2)22-20(23)14(3)28-21(24)15-10-17(25-4)19(27-6)18(11-15)26-5/h10-14,16H,7-9H2,1-6H3,(H,22,23)/t12-,13-,14-,16-/m1/s1. The van der Waals surface area contributed by atoms with Crippen molar-refractivity contribution in [3.63, 3.8) is 0 Å². The maximum atomic E-state index is 12.5. The highest BCUT2D eigenvalue weighted by Gasteiger charge is 2.30. The van der Waals surface area contributed by atoms with Crippen LogP contribution < -0.4 is 19.5 Å². The fourth-order valence-corrected chi connectivity index (χ4v) is 3.57. The van der Waals surface area contributed by atoms with E-state index in [1.54, 1.807) is 6.92 Å². The van der Waals surface area contributed by atoms with Gasteiger partial charge in [-0.3, -0.25) is 4.79 Å². The molecule has 28 heavy (non-hydrogen) atoms. The van der Waals surface area contributed by atoms with Crippen LogP contribution in [0.25, 0.3) is 0 Å². The van der Waals surface area contributed by atoms with E-state index in [-0.39, 0.29) is 17.5 Å². The Balaban J connectivity index is 2.06. The molecule has 1 aliphatic carbocycles. The minimum Gasteiger partial charge on any atom is -0.493 e. The van der Waals surface area contributed by atoms with E-state index < -0.39 is 12.1 Å². The summed E-state index contributed by atoms with van der Waals surface area (Å²) in [5.41, 5.74) is 0.216. The molecule has 0 aromatic heterocycles. The third-order valence-corrected chi connectivity index (χ3v) is 5.59. The van der Waals surface area contributed by atoms with Crippen molar-refractivity contribution in [1.82, 2.24) is 5.32 Å². The van der Waals surface area contributed by atoms with Gasteiger partial charge in [-0.25, -0.2) is 4.79 Å². The fourth-order valence-electron chi connectivity index (χ4n) is 3.57. The van der Waals surface area contributed by atoms with Crippen LogP contribution in [-0.2, 0) is 9.53 Å². The number of carbonyl (C=O) groups is 2. The number of carbonyl (C=O) groups excluding carboxylic acids is 2. The Morgan fingerprint density at radius 3 is 2.18 bits per heavy atom. The van der Waals surface area contributed by atoms with Crippen LogP contribution >= 0.6 is 0 Å². The van der Waals surface area contributed by atoms with E-state index in [4.69, 9.17) is 18.9 Å². The Hall–Kier alpha value is -2.44. The van der Waals surface area contributed by atoms with Gasteiger partial charge in [-0.05, 0) is 37.3 Å². The molecule has 0 unspecified atom stereocenters. The van der Waals surface area contributed by atoms with E-state index in [0.717, 1.165) is 12.8 Å². The number of methoxy groups -OCH3 is 3. The van der Waals surface area contributed by atoms with Gasteiger partial charge in [0.05, 0.1) is 26.9 Å². The molecule has 7 heteroatoms. The number of hydrogen-bond donors (Lipinski definition) is 1. The average Bonchev–Trinajstić information content (AvgIpc) is 2.69. The molecule has 0 bridgehead atoms. The second-order valence-corrected chi connectivity index (χ2v) is 7.34. The summed E-state index contributed by atoms with van der Waals surface area (Å²) in [4.78, 5) is 25.1. The summed E-state index contributed by atoms with van der Waals surface area (Å²) in [5, 5.41) is 3.03. The van der Waals surface area contributed by atoms with Gasteiger partial charge in [-0.15, -0.1) is 0 Å². The molecule has 1 aromatic rings. The molecule has 1 saturated carbocycles. The van der Waals surface area contributed by atoms with Gasteiger partial charge in [-0.2, -0.15) is 0 Å². The molecular weight excluding hydrogens is 362 g/mol. The first-order valence-corrected chi connectivity index (χ1v) is 9.63. The van der Waals surface area contributed by atoms with E-state index in [1.165, 1.54) is 39.9 Å². The zero-order chi connectivity index (χ0) is 20.8. The van der Waals surface area contributed by atoms with Gasteiger partial charge in [0.15, 0.2) is 17.6 Å². The molecule has 0 heterocycles. The summed E-state index contributed by atoms with van der Waals surface area (Å²) < 4.78 is 21.1. The largest absolute Gasteiger partial charge is 0.493 e. The predicted molar refractivity (Wildman–Crippen MR) is 105 cm³/mol. The lowest BCUT2D eigenvalue weighted by molar-refractivity contribution is -0.130. The van der Waals surface area contributed by atoms with Gasteiger partial charge < -0.3 is 24.3 Å². The van der Waals surface area contributed by atoms with Crippen molar-refractivity contribution < 1.29 is 28.5 Å². The van der Waals surface area contributed by atoms with Gasteiger partial charge >= 0.3 is 5.97 Å². The van der Waals surface area contributed by atoms with Gasteiger partial charge in [0.25, 0.3) is 5.91 Å². The maximum absolute atomic E-state index is 12.5. The van der Waals surface area contributed by atoms with E-state index in [1.807, 2.05) is 0 Å². The number of hydrogen-bond acceptors (Lipinski definition) is 6. The Labute approximate surface area is 166 Å². The number of nitrogens with one attached hydrogen (secondary N) is 1. The molecule has 4 atom stereocenters. The normalized spacial score (nSPS) is 22.7. The van der Waals surface area contributed by atoms with Crippen molar-refractivity contribution in [2.75, 3.05) is 21.3 Å². The summed E-state index contributed by atoms with van der Waals surface area (Å²) in [6.45, 7) is 5.93. The first-order valence-electron chi connectivity index (χ1n) is 9.63. The molecular formula is C21H31NO6. The number of benzene rings is 1. The Morgan fingerprint density at radius 2 is 1.64 bits per heavy atom. The fraction of sp³-hybridized carbons (Fsp3) is 0.619. The molecule has 1 amide bonds. The molecule has 7 nitrogen and oxygen atoms in total. The van der Waals surface area contributed by atoms with E-state index in [2.05, 4.69) is 19.2 Å². The number of ether oxygens (including phenoxy) is 4. The van der Waals surface area contributed by atoms with Gasteiger partial charge in [0.2, 0.25) is 5.75 Å². The summed E-state index contributed by atoms with van der Waals surface area (Å²) in [6.07, 6.45) is 2.32. The van der Waals surface area contributed by atoms with Gasteiger partial charge in [-0.1, -0.05) is 26.7 Å². The van der Waals surface area contributed by atoms with Crippen molar-refractivity contribution in [2.24, 2.45) is 11.8 Å². The lowest BCUT2D eigenvalue weighted by Crippen LogP contribution is -2.47. The third kappa shape index (κ3) is 4.88. The van der Waals surface area contributed by atoms with Crippen LogP contribution in [0.5, 0.6) is 17.2 Å². The molecule has 0 aliphatic heterocycles. The van der Waals surface area contributed by atoms with Crippen LogP contribution in [0.2, 0.25) is 0 Å². The number of esters is 1. The van der Waals surface area contributed by atoms with Gasteiger partial charge in [0, 0.05) is 6.04 Å². The monoisotopic (exact) mass is 393 g/mol. The van der Waals surface area contributed by atoms with Crippen molar-refractivity contribution in [1.29, 1.82) is 0 Å². The minimum atomic E-state index is -0.906. The molecule has 1 aliphatic rings. The zero-order valence-electron chi connectivity index (χ0n) is 17.5. The minimum absolute atomic E-state index is 0.110. The lowest BCUT2D eigenvalue weighted by atomic mass is 9.78. The molecule has 0 spiro atoms.